The molecule has 1 heterocycles. The smallest absolute Gasteiger partial charge is 0.0644 e. The van der Waals surface area contributed by atoms with Gasteiger partial charge in [0.2, 0.25) is 0 Å². The summed E-state index contributed by atoms with van der Waals surface area (Å²) < 4.78 is 1.89. The highest BCUT2D eigenvalue weighted by Gasteiger charge is 2.17. The summed E-state index contributed by atoms with van der Waals surface area (Å²) in [5.74, 6) is 0. The van der Waals surface area contributed by atoms with E-state index in [9.17, 15) is 0 Å². The van der Waals surface area contributed by atoms with Crippen molar-refractivity contribution in [1.82, 2.24) is 15.1 Å². The van der Waals surface area contributed by atoms with Gasteiger partial charge in [-0.05, 0) is 37.4 Å². The van der Waals surface area contributed by atoms with E-state index < -0.39 is 0 Å². The summed E-state index contributed by atoms with van der Waals surface area (Å²) in [4.78, 5) is 0. The van der Waals surface area contributed by atoms with Crippen molar-refractivity contribution in [2.45, 2.75) is 39.7 Å². The fourth-order valence-corrected chi connectivity index (χ4v) is 2.54. The Bertz CT molecular complexity index is 540. The number of aryl methyl sites for hydroxylation is 3. The van der Waals surface area contributed by atoms with Gasteiger partial charge >= 0.3 is 0 Å². The molecule has 0 saturated carbocycles. The highest BCUT2D eigenvalue weighted by Crippen LogP contribution is 2.24. The second-order valence-corrected chi connectivity index (χ2v) is 5.33. The largest absolute Gasteiger partial charge is 0.306 e. The van der Waals surface area contributed by atoms with Crippen molar-refractivity contribution in [2.24, 2.45) is 7.05 Å². The van der Waals surface area contributed by atoms with Gasteiger partial charge in [-0.3, -0.25) is 4.68 Å². The van der Waals surface area contributed by atoms with Gasteiger partial charge in [-0.1, -0.05) is 38.1 Å². The number of rotatable bonds is 6. The second-order valence-electron chi connectivity index (χ2n) is 5.33. The molecule has 3 heteroatoms. The van der Waals surface area contributed by atoms with Gasteiger partial charge in [-0.2, -0.15) is 5.10 Å². The Balaban J connectivity index is 2.33. The maximum atomic E-state index is 4.48. The number of benzene rings is 1. The topological polar surface area (TPSA) is 29.9 Å². The van der Waals surface area contributed by atoms with Crippen LogP contribution in [0, 0.1) is 6.92 Å². The molecule has 1 aromatic carbocycles. The third kappa shape index (κ3) is 3.28. The molecule has 0 spiro atoms. The molecule has 2 rings (SSSR count). The van der Waals surface area contributed by atoms with Crippen molar-refractivity contribution in [3.05, 3.63) is 52.8 Å². The molecule has 1 aromatic heterocycles. The van der Waals surface area contributed by atoms with E-state index in [1.54, 1.807) is 0 Å². The fourth-order valence-electron chi connectivity index (χ4n) is 2.54. The number of aromatic nitrogens is 2. The standard InChI is InChI=1S/C17H25N3/c1-5-11-18-17(16-12-20(4)19-13(16)3)15-9-7-14(6-2)8-10-15/h7-10,12,17-18H,5-6,11H2,1-4H3. The lowest BCUT2D eigenvalue weighted by Crippen LogP contribution is -2.23. The molecule has 0 aliphatic heterocycles. The normalized spacial score (nSPS) is 12.6. The molecule has 0 aliphatic rings. The Kier molecular flexibility index (Phi) is 4.96. The number of hydrogen-bond donors (Lipinski definition) is 1. The van der Waals surface area contributed by atoms with Crippen molar-refractivity contribution >= 4 is 0 Å². The number of hydrogen-bond acceptors (Lipinski definition) is 2. The van der Waals surface area contributed by atoms with Crippen LogP contribution < -0.4 is 5.32 Å². The highest BCUT2D eigenvalue weighted by atomic mass is 15.3. The molecular formula is C17H25N3. The fraction of sp³-hybridized carbons (Fsp3) is 0.471. The number of nitrogens with one attached hydrogen (secondary N) is 1. The maximum Gasteiger partial charge on any atom is 0.0644 e. The van der Waals surface area contributed by atoms with E-state index in [0.717, 1.165) is 25.1 Å². The van der Waals surface area contributed by atoms with Crippen LogP contribution in [0.3, 0.4) is 0 Å². The maximum absolute atomic E-state index is 4.48. The third-order valence-electron chi connectivity index (χ3n) is 3.68. The zero-order valence-corrected chi connectivity index (χ0v) is 13.0. The third-order valence-corrected chi connectivity index (χ3v) is 3.68. The predicted octanol–water partition coefficient (Wildman–Crippen LogP) is 3.38. The Morgan fingerprint density at radius 2 is 1.90 bits per heavy atom. The Morgan fingerprint density at radius 3 is 2.40 bits per heavy atom. The van der Waals surface area contributed by atoms with Crippen LogP contribution in [0.1, 0.15) is 48.7 Å². The zero-order valence-electron chi connectivity index (χ0n) is 13.0. The molecule has 1 unspecified atom stereocenters. The number of nitrogens with zero attached hydrogens (tertiary/aromatic N) is 2. The van der Waals surface area contributed by atoms with Crippen molar-refractivity contribution in [3.63, 3.8) is 0 Å². The van der Waals surface area contributed by atoms with E-state index in [-0.39, 0.29) is 6.04 Å². The van der Waals surface area contributed by atoms with Crippen LogP contribution in [0.25, 0.3) is 0 Å². The average molecular weight is 271 g/mol. The summed E-state index contributed by atoms with van der Waals surface area (Å²) in [6.07, 6.45) is 4.33. The molecule has 0 fully saturated rings. The van der Waals surface area contributed by atoms with Crippen molar-refractivity contribution in [2.75, 3.05) is 6.54 Å². The summed E-state index contributed by atoms with van der Waals surface area (Å²) in [5, 5.41) is 8.12. The van der Waals surface area contributed by atoms with E-state index in [4.69, 9.17) is 0 Å². The molecule has 0 bridgehead atoms. The van der Waals surface area contributed by atoms with Crippen LogP contribution in [0.4, 0.5) is 0 Å². The van der Waals surface area contributed by atoms with Crippen molar-refractivity contribution < 1.29 is 0 Å². The lowest BCUT2D eigenvalue weighted by atomic mass is 9.97. The molecule has 1 atom stereocenters. The minimum Gasteiger partial charge on any atom is -0.306 e. The molecule has 0 radical (unpaired) electrons. The van der Waals surface area contributed by atoms with Crippen LogP contribution in [0.5, 0.6) is 0 Å². The Hall–Kier alpha value is -1.61. The second kappa shape index (κ2) is 6.71. The highest BCUT2D eigenvalue weighted by molar-refractivity contribution is 5.34. The summed E-state index contributed by atoms with van der Waals surface area (Å²) in [6, 6.07) is 9.15. The summed E-state index contributed by atoms with van der Waals surface area (Å²) >= 11 is 0. The molecule has 0 aliphatic carbocycles. The molecule has 20 heavy (non-hydrogen) atoms. The van der Waals surface area contributed by atoms with Crippen molar-refractivity contribution in [3.8, 4) is 0 Å². The van der Waals surface area contributed by atoms with Crippen LogP contribution >= 0.6 is 0 Å². The summed E-state index contributed by atoms with van der Waals surface area (Å²) in [6.45, 7) is 7.47. The molecule has 0 amide bonds. The first-order valence-corrected chi connectivity index (χ1v) is 7.48. The molecule has 1 N–H and O–H groups in total. The van der Waals surface area contributed by atoms with Gasteiger partial charge in [-0.15, -0.1) is 0 Å². The Morgan fingerprint density at radius 1 is 1.20 bits per heavy atom. The lowest BCUT2D eigenvalue weighted by Gasteiger charge is -2.19. The monoisotopic (exact) mass is 271 g/mol. The van der Waals surface area contributed by atoms with Crippen LogP contribution in [0.15, 0.2) is 30.5 Å². The lowest BCUT2D eigenvalue weighted by molar-refractivity contribution is 0.596. The SMILES string of the molecule is CCCNC(c1ccc(CC)cc1)c1cn(C)nc1C. The van der Waals surface area contributed by atoms with Gasteiger partial charge in [0.1, 0.15) is 0 Å². The van der Waals surface area contributed by atoms with Crippen molar-refractivity contribution in [1.29, 1.82) is 0 Å². The molecule has 108 valence electrons. The van der Waals surface area contributed by atoms with Gasteiger partial charge in [0.05, 0.1) is 11.7 Å². The first-order chi connectivity index (χ1) is 9.65. The first kappa shape index (κ1) is 14.8. The average Bonchev–Trinajstić information content (AvgIpc) is 2.79. The van der Waals surface area contributed by atoms with Crippen LogP contribution in [-0.4, -0.2) is 16.3 Å². The predicted molar refractivity (Wildman–Crippen MR) is 83.9 cm³/mol. The summed E-state index contributed by atoms with van der Waals surface area (Å²) in [5.41, 5.74) is 5.06. The minimum absolute atomic E-state index is 0.231. The van der Waals surface area contributed by atoms with E-state index in [0.29, 0.717) is 0 Å². The first-order valence-electron chi connectivity index (χ1n) is 7.48. The molecule has 0 saturated heterocycles. The van der Waals surface area contributed by atoms with E-state index >= 15 is 0 Å². The van der Waals surface area contributed by atoms with E-state index in [2.05, 4.69) is 61.6 Å². The van der Waals surface area contributed by atoms with Gasteiger partial charge in [0.15, 0.2) is 0 Å². The molecule has 2 aromatic rings. The van der Waals surface area contributed by atoms with Gasteiger partial charge in [-0.25, -0.2) is 0 Å². The van der Waals surface area contributed by atoms with E-state index in [1.807, 2.05) is 11.7 Å². The molecule has 3 nitrogen and oxygen atoms in total. The zero-order chi connectivity index (χ0) is 14.5. The van der Waals surface area contributed by atoms with Gasteiger partial charge in [0, 0.05) is 18.8 Å². The minimum atomic E-state index is 0.231. The Labute approximate surface area is 122 Å². The van der Waals surface area contributed by atoms with E-state index in [1.165, 1.54) is 16.7 Å². The quantitative estimate of drug-likeness (QED) is 0.873. The van der Waals surface area contributed by atoms with Crippen LogP contribution in [0.2, 0.25) is 0 Å². The van der Waals surface area contributed by atoms with Gasteiger partial charge < -0.3 is 5.32 Å². The van der Waals surface area contributed by atoms with Crippen LogP contribution in [-0.2, 0) is 13.5 Å². The van der Waals surface area contributed by atoms with Gasteiger partial charge in [0.25, 0.3) is 0 Å². The summed E-state index contributed by atoms with van der Waals surface area (Å²) in [7, 11) is 1.98. The molecular weight excluding hydrogens is 246 g/mol.